The van der Waals surface area contributed by atoms with Crippen molar-refractivity contribution < 1.29 is 27.4 Å². The summed E-state index contributed by atoms with van der Waals surface area (Å²) in [6.45, 7) is 3.07. The molecule has 1 saturated heterocycles. The predicted octanol–water partition coefficient (Wildman–Crippen LogP) is 2.00. The number of ether oxygens (including phenoxy) is 3. The van der Waals surface area contributed by atoms with Crippen LogP contribution >= 0.6 is 0 Å². The second-order valence-corrected chi connectivity index (χ2v) is 8.52. The minimum Gasteiger partial charge on any atom is -0.492 e. The van der Waals surface area contributed by atoms with Gasteiger partial charge in [-0.25, -0.2) is 8.42 Å². The zero-order chi connectivity index (χ0) is 22.3. The fourth-order valence-electron chi connectivity index (χ4n) is 2.95. The van der Waals surface area contributed by atoms with Crippen LogP contribution in [0.3, 0.4) is 0 Å². The number of benzene rings is 2. The van der Waals surface area contributed by atoms with Gasteiger partial charge in [0.1, 0.15) is 11.5 Å². The van der Waals surface area contributed by atoms with E-state index in [4.69, 9.17) is 19.5 Å². The highest BCUT2D eigenvalue weighted by Crippen LogP contribution is 2.29. The van der Waals surface area contributed by atoms with E-state index in [0.717, 1.165) is 0 Å². The van der Waals surface area contributed by atoms with E-state index in [0.29, 0.717) is 36.9 Å². The van der Waals surface area contributed by atoms with Gasteiger partial charge in [-0.2, -0.15) is 9.57 Å². The summed E-state index contributed by atoms with van der Waals surface area (Å²) in [4.78, 5) is 12.5. The van der Waals surface area contributed by atoms with Crippen LogP contribution in [0.4, 0.5) is 5.69 Å². The second kappa shape index (κ2) is 10.3. The van der Waals surface area contributed by atoms with Crippen molar-refractivity contribution in [2.24, 2.45) is 0 Å². The summed E-state index contributed by atoms with van der Waals surface area (Å²) in [6, 6.07) is 12.7. The highest BCUT2D eigenvalue weighted by Gasteiger charge is 2.27. The Morgan fingerprint density at radius 3 is 2.52 bits per heavy atom. The maximum absolute atomic E-state index is 12.9. The SMILES string of the molecule is CCOc1ccc(S(=O)(=O)N2CCOCC2)cc1NC(=O)COc1ccc(C#N)cc1. The summed E-state index contributed by atoms with van der Waals surface area (Å²) in [5, 5.41) is 11.5. The zero-order valence-electron chi connectivity index (χ0n) is 17.0. The summed E-state index contributed by atoms with van der Waals surface area (Å²) in [5.74, 6) is 0.309. The number of hydrogen-bond acceptors (Lipinski definition) is 7. The molecule has 1 amide bonds. The molecule has 1 N–H and O–H groups in total. The van der Waals surface area contributed by atoms with Gasteiger partial charge in [0.2, 0.25) is 10.0 Å². The first kappa shape index (κ1) is 22.6. The molecule has 1 aliphatic rings. The maximum Gasteiger partial charge on any atom is 0.262 e. The topological polar surface area (TPSA) is 118 Å². The number of morpholine rings is 1. The lowest BCUT2D eigenvalue weighted by Gasteiger charge is -2.26. The van der Waals surface area contributed by atoms with E-state index in [1.807, 2.05) is 6.07 Å². The molecule has 164 valence electrons. The Bertz CT molecular complexity index is 1060. The molecular weight excluding hydrogens is 422 g/mol. The first-order valence-electron chi connectivity index (χ1n) is 9.71. The van der Waals surface area contributed by atoms with Crippen molar-refractivity contribution in [2.75, 3.05) is 44.8 Å². The van der Waals surface area contributed by atoms with Gasteiger partial charge in [0.05, 0.1) is 42.0 Å². The Hall–Kier alpha value is -3.13. The molecule has 0 radical (unpaired) electrons. The molecule has 1 aliphatic heterocycles. The maximum atomic E-state index is 12.9. The first-order chi connectivity index (χ1) is 14.9. The van der Waals surface area contributed by atoms with Gasteiger partial charge in [-0.1, -0.05) is 0 Å². The predicted molar refractivity (Wildman–Crippen MR) is 112 cm³/mol. The number of carbonyl (C=O) groups is 1. The van der Waals surface area contributed by atoms with Crippen LogP contribution in [0.1, 0.15) is 12.5 Å². The van der Waals surface area contributed by atoms with Gasteiger partial charge in [0.25, 0.3) is 5.91 Å². The molecule has 0 saturated carbocycles. The van der Waals surface area contributed by atoms with Crippen LogP contribution in [0.5, 0.6) is 11.5 Å². The lowest BCUT2D eigenvalue weighted by Crippen LogP contribution is -2.40. The number of rotatable bonds is 8. The van der Waals surface area contributed by atoms with Crippen LogP contribution in [0.2, 0.25) is 0 Å². The normalized spacial score (nSPS) is 14.5. The van der Waals surface area contributed by atoms with Crippen molar-refractivity contribution in [3.63, 3.8) is 0 Å². The van der Waals surface area contributed by atoms with E-state index in [-0.39, 0.29) is 30.3 Å². The monoisotopic (exact) mass is 445 g/mol. The quantitative estimate of drug-likeness (QED) is 0.660. The van der Waals surface area contributed by atoms with Crippen LogP contribution in [0.25, 0.3) is 0 Å². The molecule has 3 rings (SSSR count). The highest BCUT2D eigenvalue weighted by molar-refractivity contribution is 7.89. The Kier molecular flexibility index (Phi) is 7.46. The Labute approximate surface area is 181 Å². The van der Waals surface area contributed by atoms with E-state index in [2.05, 4.69) is 5.32 Å². The molecule has 2 aromatic rings. The highest BCUT2D eigenvalue weighted by atomic mass is 32.2. The third kappa shape index (κ3) is 5.73. The standard InChI is InChI=1S/C21H23N3O6S/c1-2-29-20-8-7-18(31(26,27)24-9-11-28-12-10-24)13-19(20)23-21(25)15-30-17-5-3-16(14-22)4-6-17/h3-8,13H,2,9-12,15H2,1H3,(H,23,25). The van der Waals surface area contributed by atoms with E-state index in [9.17, 15) is 13.2 Å². The van der Waals surface area contributed by atoms with Gasteiger partial charge in [-0.15, -0.1) is 0 Å². The molecule has 0 spiro atoms. The minimum atomic E-state index is -3.73. The van der Waals surface area contributed by atoms with Gasteiger partial charge < -0.3 is 19.5 Å². The Morgan fingerprint density at radius 2 is 1.87 bits per heavy atom. The molecule has 0 atom stereocenters. The Morgan fingerprint density at radius 1 is 1.16 bits per heavy atom. The van der Waals surface area contributed by atoms with Crippen molar-refractivity contribution in [3.8, 4) is 17.6 Å². The fourth-order valence-corrected chi connectivity index (χ4v) is 4.38. The lowest BCUT2D eigenvalue weighted by atomic mass is 10.2. The molecule has 1 heterocycles. The summed E-state index contributed by atoms with van der Waals surface area (Å²) < 4.78 is 43.4. The smallest absolute Gasteiger partial charge is 0.262 e. The van der Waals surface area contributed by atoms with Crippen molar-refractivity contribution >= 4 is 21.6 Å². The number of nitriles is 1. The third-order valence-corrected chi connectivity index (χ3v) is 6.38. The number of carbonyl (C=O) groups excluding carboxylic acids is 1. The molecule has 1 fully saturated rings. The third-order valence-electron chi connectivity index (χ3n) is 4.49. The first-order valence-corrected chi connectivity index (χ1v) is 11.2. The van der Waals surface area contributed by atoms with Gasteiger partial charge in [-0.05, 0) is 49.4 Å². The van der Waals surface area contributed by atoms with Gasteiger partial charge >= 0.3 is 0 Å². The average Bonchev–Trinajstić information content (AvgIpc) is 2.80. The average molecular weight is 445 g/mol. The van der Waals surface area contributed by atoms with E-state index in [1.54, 1.807) is 31.2 Å². The summed E-state index contributed by atoms with van der Waals surface area (Å²) in [6.07, 6.45) is 0. The molecule has 10 heteroatoms. The number of anilines is 1. The molecule has 2 aromatic carbocycles. The van der Waals surface area contributed by atoms with E-state index < -0.39 is 15.9 Å². The second-order valence-electron chi connectivity index (χ2n) is 6.58. The molecule has 0 aromatic heterocycles. The van der Waals surface area contributed by atoms with Gasteiger partial charge in [-0.3, -0.25) is 4.79 Å². The van der Waals surface area contributed by atoms with E-state index >= 15 is 0 Å². The fraction of sp³-hybridized carbons (Fsp3) is 0.333. The molecule has 31 heavy (non-hydrogen) atoms. The lowest BCUT2D eigenvalue weighted by molar-refractivity contribution is -0.118. The number of nitrogens with one attached hydrogen (secondary N) is 1. The van der Waals surface area contributed by atoms with Crippen molar-refractivity contribution in [3.05, 3.63) is 48.0 Å². The van der Waals surface area contributed by atoms with Crippen LogP contribution in [-0.2, 0) is 19.6 Å². The van der Waals surface area contributed by atoms with E-state index in [1.165, 1.54) is 22.5 Å². The van der Waals surface area contributed by atoms with Crippen molar-refractivity contribution in [2.45, 2.75) is 11.8 Å². The van der Waals surface area contributed by atoms with Crippen LogP contribution in [0.15, 0.2) is 47.4 Å². The number of hydrogen-bond donors (Lipinski definition) is 1. The van der Waals surface area contributed by atoms with Crippen LogP contribution in [-0.4, -0.2) is 58.1 Å². The van der Waals surface area contributed by atoms with Gasteiger partial charge in [0, 0.05) is 13.1 Å². The summed E-state index contributed by atoms with van der Waals surface area (Å²) in [5.41, 5.74) is 0.723. The van der Waals surface area contributed by atoms with Crippen LogP contribution < -0.4 is 14.8 Å². The Balaban J connectivity index is 1.74. The largest absolute Gasteiger partial charge is 0.492 e. The molecule has 0 unspecified atom stereocenters. The van der Waals surface area contributed by atoms with Crippen molar-refractivity contribution in [1.82, 2.24) is 4.31 Å². The molecule has 9 nitrogen and oxygen atoms in total. The van der Waals surface area contributed by atoms with Crippen molar-refractivity contribution in [1.29, 1.82) is 5.26 Å². The minimum absolute atomic E-state index is 0.0566. The molecular formula is C21H23N3O6S. The summed E-state index contributed by atoms with van der Waals surface area (Å²) >= 11 is 0. The molecule has 0 bridgehead atoms. The zero-order valence-corrected chi connectivity index (χ0v) is 17.9. The number of sulfonamides is 1. The molecule has 0 aliphatic carbocycles. The van der Waals surface area contributed by atoms with Crippen LogP contribution in [0, 0.1) is 11.3 Å². The number of amides is 1. The number of nitrogens with zero attached hydrogens (tertiary/aromatic N) is 2. The van der Waals surface area contributed by atoms with Gasteiger partial charge in [0.15, 0.2) is 6.61 Å². The summed E-state index contributed by atoms with van der Waals surface area (Å²) in [7, 11) is -3.73.